The van der Waals surface area contributed by atoms with E-state index >= 15 is 0 Å². The SMILES string of the molecule is COc1ccc([N+](=O)[O-])cc1CSCc1cc(C)no1. The van der Waals surface area contributed by atoms with Crippen LogP contribution in [0.4, 0.5) is 5.69 Å². The molecule has 20 heavy (non-hydrogen) atoms. The van der Waals surface area contributed by atoms with Crippen molar-refractivity contribution in [1.29, 1.82) is 0 Å². The van der Waals surface area contributed by atoms with E-state index in [0.717, 1.165) is 17.0 Å². The lowest BCUT2D eigenvalue weighted by Gasteiger charge is -2.07. The molecule has 1 aromatic carbocycles. The summed E-state index contributed by atoms with van der Waals surface area (Å²) in [5.41, 5.74) is 1.70. The Balaban J connectivity index is 2.03. The van der Waals surface area contributed by atoms with Crippen LogP contribution in [0, 0.1) is 17.0 Å². The predicted octanol–water partition coefficient (Wildman–Crippen LogP) is 3.33. The van der Waals surface area contributed by atoms with Gasteiger partial charge in [0.05, 0.1) is 23.5 Å². The molecule has 0 atom stereocenters. The maximum atomic E-state index is 10.8. The van der Waals surface area contributed by atoms with Gasteiger partial charge in [0.1, 0.15) is 11.5 Å². The lowest BCUT2D eigenvalue weighted by atomic mass is 10.2. The van der Waals surface area contributed by atoms with Gasteiger partial charge in [-0.1, -0.05) is 5.16 Å². The Morgan fingerprint density at radius 3 is 2.80 bits per heavy atom. The third-order valence-corrected chi connectivity index (χ3v) is 3.66. The molecule has 2 aromatic rings. The van der Waals surface area contributed by atoms with Gasteiger partial charge < -0.3 is 9.26 Å². The Morgan fingerprint density at radius 2 is 2.20 bits per heavy atom. The number of aryl methyl sites for hydroxylation is 1. The van der Waals surface area contributed by atoms with Crippen molar-refractivity contribution in [1.82, 2.24) is 5.16 Å². The Bertz CT molecular complexity index is 612. The molecule has 0 aliphatic carbocycles. The predicted molar refractivity (Wildman–Crippen MR) is 75.9 cm³/mol. The standard InChI is InChI=1S/C13H14N2O4S/c1-9-5-12(19-14-9)8-20-7-10-6-11(15(16)17)3-4-13(10)18-2/h3-6H,7-8H2,1-2H3. The van der Waals surface area contributed by atoms with Crippen LogP contribution < -0.4 is 4.74 Å². The number of benzene rings is 1. The van der Waals surface area contributed by atoms with Gasteiger partial charge in [0, 0.05) is 29.5 Å². The summed E-state index contributed by atoms with van der Waals surface area (Å²) >= 11 is 1.59. The van der Waals surface area contributed by atoms with Crippen LogP contribution in [-0.4, -0.2) is 17.2 Å². The second-order valence-corrected chi connectivity index (χ2v) is 5.17. The van der Waals surface area contributed by atoms with Gasteiger partial charge in [0.15, 0.2) is 0 Å². The first-order chi connectivity index (χ1) is 9.60. The van der Waals surface area contributed by atoms with Gasteiger partial charge in [-0.25, -0.2) is 0 Å². The molecular weight excluding hydrogens is 280 g/mol. The second kappa shape index (κ2) is 6.42. The van der Waals surface area contributed by atoms with E-state index in [9.17, 15) is 10.1 Å². The van der Waals surface area contributed by atoms with Gasteiger partial charge >= 0.3 is 0 Å². The number of aromatic nitrogens is 1. The van der Waals surface area contributed by atoms with E-state index in [2.05, 4.69) is 5.16 Å². The molecule has 6 nitrogen and oxygen atoms in total. The highest BCUT2D eigenvalue weighted by molar-refractivity contribution is 7.97. The number of rotatable bonds is 6. The summed E-state index contributed by atoms with van der Waals surface area (Å²) in [6.45, 7) is 1.86. The fourth-order valence-electron chi connectivity index (χ4n) is 1.74. The first kappa shape index (κ1) is 14.4. The normalized spacial score (nSPS) is 10.5. The molecular formula is C13H14N2O4S. The number of nitro benzene ring substituents is 1. The fraction of sp³-hybridized carbons (Fsp3) is 0.308. The number of hydrogen-bond acceptors (Lipinski definition) is 6. The molecule has 0 saturated heterocycles. The first-order valence-electron chi connectivity index (χ1n) is 5.91. The van der Waals surface area contributed by atoms with E-state index in [-0.39, 0.29) is 5.69 Å². The van der Waals surface area contributed by atoms with E-state index < -0.39 is 4.92 Å². The monoisotopic (exact) mass is 294 g/mol. The number of methoxy groups -OCH3 is 1. The Hall–Kier alpha value is -2.02. The Morgan fingerprint density at radius 1 is 1.40 bits per heavy atom. The Labute approximate surface area is 120 Å². The molecule has 7 heteroatoms. The summed E-state index contributed by atoms with van der Waals surface area (Å²) in [6, 6.07) is 6.47. The number of ether oxygens (including phenoxy) is 1. The minimum absolute atomic E-state index is 0.0666. The molecule has 2 rings (SSSR count). The number of nitro groups is 1. The van der Waals surface area contributed by atoms with Crippen molar-refractivity contribution < 1.29 is 14.2 Å². The lowest BCUT2D eigenvalue weighted by Crippen LogP contribution is -1.94. The summed E-state index contributed by atoms with van der Waals surface area (Å²) in [5, 5.41) is 14.6. The number of nitrogens with zero attached hydrogens (tertiary/aromatic N) is 2. The zero-order chi connectivity index (χ0) is 14.5. The number of hydrogen-bond donors (Lipinski definition) is 0. The molecule has 0 bridgehead atoms. The lowest BCUT2D eigenvalue weighted by molar-refractivity contribution is -0.384. The quantitative estimate of drug-likeness (QED) is 0.600. The minimum atomic E-state index is -0.409. The molecule has 1 aromatic heterocycles. The largest absolute Gasteiger partial charge is 0.496 e. The van der Waals surface area contributed by atoms with E-state index in [1.165, 1.54) is 12.1 Å². The van der Waals surface area contributed by atoms with Crippen LogP contribution in [0.2, 0.25) is 0 Å². The first-order valence-corrected chi connectivity index (χ1v) is 7.07. The van der Waals surface area contributed by atoms with Crippen LogP contribution >= 0.6 is 11.8 Å². The van der Waals surface area contributed by atoms with Crippen LogP contribution in [0.15, 0.2) is 28.8 Å². The summed E-state index contributed by atoms with van der Waals surface area (Å²) < 4.78 is 10.3. The molecule has 0 amide bonds. The highest BCUT2D eigenvalue weighted by atomic mass is 32.2. The van der Waals surface area contributed by atoms with Crippen molar-refractivity contribution in [2.24, 2.45) is 0 Å². The molecule has 0 N–H and O–H groups in total. The van der Waals surface area contributed by atoms with E-state index in [0.29, 0.717) is 17.3 Å². The van der Waals surface area contributed by atoms with Crippen LogP contribution in [0.3, 0.4) is 0 Å². The van der Waals surface area contributed by atoms with Gasteiger partial charge in [-0.05, 0) is 13.0 Å². The fourth-order valence-corrected chi connectivity index (χ4v) is 2.62. The summed E-state index contributed by atoms with van der Waals surface area (Å²) in [5.74, 6) is 2.70. The van der Waals surface area contributed by atoms with E-state index in [1.807, 2.05) is 13.0 Å². The zero-order valence-electron chi connectivity index (χ0n) is 11.2. The van der Waals surface area contributed by atoms with Crippen molar-refractivity contribution in [3.63, 3.8) is 0 Å². The van der Waals surface area contributed by atoms with Crippen LogP contribution in [-0.2, 0) is 11.5 Å². The summed E-state index contributed by atoms with van der Waals surface area (Å²) in [4.78, 5) is 10.4. The van der Waals surface area contributed by atoms with Gasteiger partial charge in [0.2, 0.25) is 0 Å². The van der Waals surface area contributed by atoms with Gasteiger partial charge in [-0.15, -0.1) is 11.8 Å². The molecule has 0 aliphatic rings. The van der Waals surface area contributed by atoms with Gasteiger partial charge in [-0.2, -0.15) is 0 Å². The molecule has 0 saturated carbocycles. The molecule has 0 aliphatic heterocycles. The molecule has 1 heterocycles. The third-order valence-electron chi connectivity index (χ3n) is 2.65. The molecule has 106 valence electrons. The summed E-state index contributed by atoms with van der Waals surface area (Å²) in [7, 11) is 1.55. The maximum absolute atomic E-state index is 10.8. The van der Waals surface area contributed by atoms with Crippen LogP contribution in [0.1, 0.15) is 17.0 Å². The highest BCUT2D eigenvalue weighted by Crippen LogP contribution is 2.28. The van der Waals surface area contributed by atoms with Crippen LogP contribution in [0.25, 0.3) is 0 Å². The smallest absolute Gasteiger partial charge is 0.270 e. The summed E-state index contributed by atoms with van der Waals surface area (Å²) in [6.07, 6.45) is 0. The zero-order valence-corrected chi connectivity index (χ0v) is 12.0. The Kier molecular flexibility index (Phi) is 4.62. The van der Waals surface area contributed by atoms with E-state index in [1.54, 1.807) is 24.9 Å². The number of non-ortho nitro benzene ring substituents is 1. The van der Waals surface area contributed by atoms with Crippen molar-refractivity contribution in [3.8, 4) is 5.75 Å². The third kappa shape index (κ3) is 3.51. The van der Waals surface area contributed by atoms with Gasteiger partial charge in [0.25, 0.3) is 5.69 Å². The van der Waals surface area contributed by atoms with Crippen molar-refractivity contribution >= 4 is 17.4 Å². The van der Waals surface area contributed by atoms with Crippen LogP contribution in [0.5, 0.6) is 5.75 Å². The maximum Gasteiger partial charge on any atom is 0.270 e. The van der Waals surface area contributed by atoms with E-state index in [4.69, 9.17) is 9.26 Å². The van der Waals surface area contributed by atoms with Crippen molar-refractivity contribution in [3.05, 3.63) is 51.4 Å². The second-order valence-electron chi connectivity index (χ2n) is 4.18. The highest BCUT2D eigenvalue weighted by Gasteiger charge is 2.11. The number of thioether (sulfide) groups is 1. The molecule has 0 radical (unpaired) electrons. The average molecular weight is 294 g/mol. The van der Waals surface area contributed by atoms with Gasteiger partial charge in [-0.3, -0.25) is 10.1 Å². The van der Waals surface area contributed by atoms with Crippen molar-refractivity contribution in [2.45, 2.75) is 18.4 Å². The van der Waals surface area contributed by atoms with Crippen molar-refractivity contribution in [2.75, 3.05) is 7.11 Å². The molecule has 0 unspecified atom stereocenters. The average Bonchev–Trinajstić information content (AvgIpc) is 2.84. The minimum Gasteiger partial charge on any atom is -0.496 e. The molecule has 0 spiro atoms. The molecule has 0 fully saturated rings. The topological polar surface area (TPSA) is 78.4 Å².